The second-order valence-corrected chi connectivity index (χ2v) is 5.46. The number of likely N-dealkylation sites (tertiary alicyclic amines) is 1. The predicted molar refractivity (Wildman–Crippen MR) is 62.6 cm³/mol. The fraction of sp³-hybridized carbons (Fsp3) is 1.00. The van der Waals surface area contributed by atoms with E-state index in [9.17, 15) is 0 Å². The third-order valence-electron chi connectivity index (χ3n) is 3.78. The molecule has 0 radical (unpaired) electrons. The lowest BCUT2D eigenvalue weighted by molar-refractivity contribution is 0.0870. The number of rotatable bonds is 3. The highest BCUT2D eigenvalue weighted by Crippen LogP contribution is 2.24. The van der Waals surface area contributed by atoms with Crippen LogP contribution >= 0.6 is 0 Å². The quantitative estimate of drug-likeness (QED) is 0.747. The van der Waals surface area contributed by atoms with Crippen LogP contribution in [0, 0.1) is 5.92 Å². The van der Waals surface area contributed by atoms with E-state index in [1.54, 1.807) is 0 Å². The lowest BCUT2D eigenvalue weighted by atomic mass is 9.90. The first-order chi connectivity index (χ1) is 6.46. The molecule has 0 spiro atoms. The Kier molecular flexibility index (Phi) is 3.96. The molecule has 1 heterocycles. The van der Waals surface area contributed by atoms with Crippen LogP contribution in [0.3, 0.4) is 0 Å². The maximum absolute atomic E-state index is 3.38. The molecule has 1 N–H and O–H groups in total. The Balaban J connectivity index is 2.51. The lowest BCUT2D eigenvalue weighted by Gasteiger charge is -2.42. The Morgan fingerprint density at radius 3 is 2.57 bits per heavy atom. The van der Waals surface area contributed by atoms with Gasteiger partial charge >= 0.3 is 0 Å². The van der Waals surface area contributed by atoms with Crippen LogP contribution in [0.2, 0.25) is 0 Å². The summed E-state index contributed by atoms with van der Waals surface area (Å²) in [7, 11) is 2.05. The number of nitrogens with zero attached hydrogens (tertiary/aromatic N) is 1. The molecule has 0 aromatic heterocycles. The van der Waals surface area contributed by atoms with Crippen LogP contribution in [-0.4, -0.2) is 36.6 Å². The van der Waals surface area contributed by atoms with E-state index < -0.39 is 0 Å². The van der Waals surface area contributed by atoms with Gasteiger partial charge in [-0.25, -0.2) is 0 Å². The van der Waals surface area contributed by atoms with Crippen molar-refractivity contribution in [2.45, 2.75) is 52.1 Å². The van der Waals surface area contributed by atoms with E-state index in [-0.39, 0.29) is 5.54 Å². The average Bonchev–Trinajstić information content (AvgIpc) is 2.13. The molecule has 2 heteroatoms. The van der Waals surface area contributed by atoms with Crippen molar-refractivity contribution in [3.8, 4) is 0 Å². The SMILES string of the molecule is CNC(C)(C)CN1CCCC(C)C1C. The van der Waals surface area contributed by atoms with Gasteiger partial charge in [-0.15, -0.1) is 0 Å². The molecule has 84 valence electrons. The molecular formula is C12H26N2. The van der Waals surface area contributed by atoms with E-state index in [0.717, 1.165) is 18.5 Å². The number of hydrogen-bond acceptors (Lipinski definition) is 2. The molecule has 1 rings (SSSR count). The third-order valence-corrected chi connectivity index (χ3v) is 3.78. The Labute approximate surface area is 89.1 Å². The van der Waals surface area contributed by atoms with Crippen molar-refractivity contribution >= 4 is 0 Å². The van der Waals surface area contributed by atoms with Crippen LogP contribution in [0.5, 0.6) is 0 Å². The highest BCUT2D eigenvalue weighted by Gasteiger charge is 2.28. The van der Waals surface area contributed by atoms with Crippen LogP contribution in [0.1, 0.15) is 40.5 Å². The standard InChI is InChI=1S/C12H26N2/c1-10-7-6-8-14(11(10)2)9-12(3,4)13-5/h10-11,13H,6-9H2,1-5H3. The van der Waals surface area contributed by atoms with Gasteiger partial charge in [-0.3, -0.25) is 4.90 Å². The number of piperidine rings is 1. The van der Waals surface area contributed by atoms with Gasteiger partial charge in [0.05, 0.1) is 0 Å². The molecule has 1 saturated heterocycles. The molecule has 1 aliphatic rings. The zero-order valence-electron chi connectivity index (χ0n) is 10.4. The van der Waals surface area contributed by atoms with Crippen molar-refractivity contribution in [1.29, 1.82) is 0 Å². The van der Waals surface area contributed by atoms with Crippen LogP contribution in [0.4, 0.5) is 0 Å². The van der Waals surface area contributed by atoms with Crippen molar-refractivity contribution in [2.75, 3.05) is 20.1 Å². The van der Waals surface area contributed by atoms with Gasteiger partial charge in [0.1, 0.15) is 0 Å². The Morgan fingerprint density at radius 2 is 2.00 bits per heavy atom. The van der Waals surface area contributed by atoms with E-state index in [1.165, 1.54) is 19.4 Å². The maximum Gasteiger partial charge on any atom is 0.0249 e. The van der Waals surface area contributed by atoms with E-state index in [2.05, 4.69) is 45.0 Å². The molecular weight excluding hydrogens is 172 g/mol. The summed E-state index contributed by atoms with van der Waals surface area (Å²) in [6.45, 7) is 11.7. The topological polar surface area (TPSA) is 15.3 Å². The minimum Gasteiger partial charge on any atom is -0.314 e. The lowest BCUT2D eigenvalue weighted by Crippen LogP contribution is -2.53. The van der Waals surface area contributed by atoms with Crippen LogP contribution in [0.15, 0.2) is 0 Å². The number of likely N-dealkylation sites (N-methyl/N-ethyl adjacent to an activating group) is 1. The average molecular weight is 198 g/mol. The van der Waals surface area contributed by atoms with Gasteiger partial charge in [0.25, 0.3) is 0 Å². The largest absolute Gasteiger partial charge is 0.314 e. The molecule has 1 fully saturated rings. The first-order valence-corrected chi connectivity index (χ1v) is 5.89. The summed E-state index contributed by atoms with van der Waals surface area (Å²) >= 11 is 0. The minimum atomic E-state index is 0.241. The second kappa shape index (κ2) is 4.63. The number of hydrogen-bond donors (Lipinski definition) is 1. The predicted octanol–water partition coefficient (Wildman–Crippen LogP) is 2.10. The maximum atomic E-state index is 3.38. The van der Waals surface area contributed by atoms with Crippen LogP contribution in [-0.2, 0) is 0 Å². The Hall–Kier alpha value is -0.0800. The normalized spacial score (nSPS) is 30.6. The second-order valence-electron chi connectivity index (χ2n) is 5.46. The van der Waals surface area contributed by atoms with Crippen molar-refractivity contribution in [1.82, 2.24) is 10.2 Å². The summed E-state index contributed by atoms with van der Waals surface area (Å²) in [6.07, 6.45) is 2.77. The van der Waals surface area contributed by atoms with Crippen molar-refractivity contribution in [3.05, 3.63) is 0 Å². The number of nitrogens with one attached hydrogen (secondary N) is 1. The molecule has 2 unspecified atom stereocenters. The molecule has 14 heavy (non-hydrogen) atoms. The fourth-order valence-electron chi connectivity index (χ4n) is 2.23. The molecule has 0 bridgehead atoms. The molecule has 0 aromatic carbocycles. The summed E-state index contributed by atoms with van der Waals surface area (Å²) in [5.41, 5.74) is 0.241. The monoisotopic (exact) mass is 198 g/mol. The highest BCUT2D eigenvalue weighted by atomic mass is 15.2. The first-order valence-electron chi connectivity index (χ1n) is 5.89. The molecule has 2 atom stereocenters. The fourth-order valence-corrected chi connectivity index (χ4v) is 2.23. The van der Waals surface area contributed by atoms with E-state index in [0.29, 0.717) is 0 Å². The molecule has 1 aliphatic heterocycles. The summed E-state index contributed by atoms with van der Waals surface area (Å²) in [4.78, 5) is 2.63. The van der Waals surface area contributed by atoms with Gasteiger partial charge in [-0.2, -0.15) is 0 Å². The van der Waals surface area contributed by atoms with E-state index >= 15 is 0 Å². The summed E-state index contributed by atoms with van der Waals surface area (Å²) in [6, 6.07) is 0.747. The Morgan fingerprint density at radius 1 is 1.36 bits per heavy atom. The zero-order valence-corrected chi connectivity index (χ0v) is 10.4. The molecule has 0 aliphatic carbocycles. The van der Waals surface area contributed by atoms with Gasteiger partial charge < -0.3 is 5.32 Å². The van der Waals surface area contributed by atoms with Crippen molar-refractivity contribution < 1.29 is 0 Å². The zero-order chi connectivity index (χ0) is 10.8. The first kappa shape index (κ1) is 12.0. The van der Waals surface area contributed by atoms with Gasteiger partial charge in [0, 0.05) is 18.1 Å². The smallest absolute Gasteiger partial charge is 0.0249 e. The Bertz CT molecular complexity index is 177. The minimum absolute atomic E-state index is 0.241. The van der Waals surface area contributed by atoms with Crippen molar-refractivity contribution in [3.63, 3.8) is 0 Å². The molecule has 2 nitrogen and oxygen atoms in total. The van der Waals surface area contributed by atoms with Crippen molar-refractivity contribution in [2.24, 2.45) is 5.92 Å². The van der Waals surface area contributed by atoms with Gasteiger partial charge in [0.15, 0.2) is 0 Å². The summed E-state index contributed by atoms with van der Waals surface area (Å²) < 4.78 is 0. The van der Waals surface area contributed by atoms with Gasteiger partial charge in [0.2, 0.25) is 0 Å². The van der Waals surface area contributed by atoms with Crippen LogP contribution in [0.25, 0.3) is 0 Å². The summed E-state index contributed by atoms with van der Waals surface area (Å²) in [5, 5.41) is 3.38. The van der Waals surface area contributed by atoms with Gasteiger partial charge in [-0.05, 0) is 53.1 Å². The van der Waals surface area contributed by atoms with Gasteiger partial charge in [-0.1, -0.05) is 6.92 Å². The molecule has 0 saturated carbocycles. The third kappa shape index (κ3) is 2.96. The van der Waals surface area contributed by atoms with E-state index in [4.69, 9.17) is 0 Å². The van der Waals surface area contributed by atoms with Crippen LogP contribution < -0.4 is 5.32 Å². The highest BCUT2D eigenvalue weighted by molar-refractivity contribution is 4.86. The van der Waals surface area contributed by atoms with E-state index in [1.807, 2.05) is 0 Å². The molecule has 0 aromatic rings. The molecule has 0 amide bonds. The summed E-state index contributed by atoms with van der Waals surface area (Å²) in [5.74, 6) is 0.858.